The first kappa shape index (κ1) is 11.9. The Hall–Kier alpha value is -1.59. The summed E-state index contributed by atoms with van der Waals surface area (Å²) < 4.78 is 10.1. The van der Waals surface area contributed by atoms with E-state index in [1.807, 2.05) is 18.2 Å². The van der Waals surface area contributed by atoms with Crippen LogP contribution in [0.2, 0.25) is 0 Å². The largest absolute Gasteiger partial charge is 0.497 e. The Bertz CT molecular complexity index is 434. The van der Waals surface area contributed by atoms with Crippen molar-refractivity contribution in [1.29, 1.82) is 0 Å². The number of methoxy groups -OCH3 is 2. The fraction of sp³-hybridized carbons (Fsp3) is 0.417. The van der Waals surface area contributed by atoms with E-state index in [0.717, 1.165) is 11.3 Å². The summed E-state index contributed by atoms with van der Waals surface area (Å²) in [6.07, 6.45) is 0. The van der Waals surface area contributed by atoms with Crippen molar-refractivity contribution in [3.63, 3.8) is 0 Å². The summed E-state index contributed by atoms with van der Waals surface area (Å²) in [5, 5.41) is 0. The van der Waals surface area contributed by atoms with Crippen molar-refractivity contribution < 1.29 is 14.3 Å². The molecule has 0 bridgehead atoms. The zero-order chi connectivity index (χ0) is 12.4. The number of ether oxygens (including phenoxy) is 2. The number of amides is 1. The Morgan fingerprint density at radius 2 is 2.18 bits per heavy atom. The van der Waals surface area contributed by atoms with Crippen molar-refractivity contribution in [2.75, 3.05) is 32.3 Å². The molecule has 1 amide bonds. The Morgan fingerprint density at radius 1 is 1.41 bits per heavy atom. The van der Waals surface area contributed by atoms with Crippen LogP contribution >= 0.6 is 0 Å². The number of nitrogens with two attached hydrogens (primary N) is 1. The van der Waals surface area contributed by atoms with Crippen LogP contribution in [0.3, 0.4) is 0 Å². The molecule has 17 heavy (non-hydrogen) atoms. The molecule has 5 nitrogen and oxygen atoms in total. The van der Waals surface area contributed by atoms with E-state index in [1.54, 1.807) is 19.1 Å². The van der Waals surface area contributed by atoms with Gasteiger partial charge in [-0.15, -0.1) is 0 Å². The summed E-state index contributed by atoms with van der Waals surface area (Å²) in [5.74, 6) is 0.617. The normalized spacial score (nSPS) is 18.4. The third-order valence-corrected chi connectivity index (χ3v) is 2.91. The fourth-order valence-corrected chi connectivity index (χ4v) is 1.99. The summed E-state index contributed by atoms with van der Waals surface area (Å²) in [7, 11) is 3.20. The average Bonchev–Trinajstić information content (AvgIpc) is 2.60. The Morgan fingerprint density at radius 3 is 2.82 bits per heavy atom. The van der Waals surface area contributed by atoms with Gasteiger partial charge in [0.05, 0.1) is 13.7 Å². The Balaban J connectivity index is 2.33. The van der Waals surface area contributed by atoms with Crippen LogP contribution in [0.25, 0.3) is 0 Å². The fourth-order valence-electron chi connectivity index (χ4n) is 1.99. The number of nitrogens with zero attached hydrogens (tertiary/aromatic N) is 1. The molecule has 1 aliphatic heterocycles. The predicted molar refractivity (Wildman–Crippen MR) is 64.2 cm³/mol. The van der Waals surface area contributed by atoms with Crippen molar-refractivity contribution in [1.82, 2.24) is 0 Å². The molecule has 0 radical (unpaired) electrons. The number of benzene rings is 1. The maximum Gasteiger partial charge on any atom is 0.248 e. The summed E-state index contributed by atoms with van der Waals surface area (Å²) in [5.41, 5.74) is 7.55. The van der Waals surface area contributed by atoms with Crippen molar-refractivity contribution in [2.45, 2.75) is 6.04 Å². The second-order valence-electron chi connectivity index (χ2n) is 3.89. The van der Waals surface area contributed by atoms with Gasteiger partial charge in [-0.05, 0) is 18.2 Å². The van der Waals surface area contributed by atoms with E-state index in [4.69, 9.17) is 15.2 Å². The lowest BCUT2D eigenvalue weighted by Gasteiger charge is -2.16. The van der Waals surface area contributed by atoms with Crippen LogP contribution in [-0.2, 0) is 9.53 Å². The smallest absolute Gasteiger partial charge is 0.248 e. The number of carbonyl (C=O) groups excluding carboxylic acids is 1. The van der Waals surface area contributed by atoms with Gasteiger partial charge in [-0.2, -0.15) is 0 Å². The summed E-state index contributed by atoms with van der Waals surface area (Å²) in [6, 6.07) is 4.89. The molecule has 0 aromatic heterocycles. The third kappa shape index (κ3) is 1.99. The molecule has 1 atom stereocenters. The van der Waals surface area contributed by atoms with Crippen LogP contribution in [0.5, 0.6) is 5.75 Å². The van der Waals surface area contributed by atoms with Gasteiger partial charge in [-0.1, -0.05) is 0 Å². The minimum Gasteiger partial charge on any atom is -0.497 e. The highest BCUT2D eigenvalue weighted by Gasteiger charge is 2.34. The highest BCUT2D eigenvalue weighted by atomic mass is 16.5. The van der Waals surface area contributed by atoms with Gasteiger partial charge in [-0.25, -0.2) is 0 Å². The van der Waals surface area contributed by atoms with Crippen LogP contribution in [0.15, 0.2) is 18.2 Å². The first-order valence-corrected chi connectivity index (χ1v) is 5.43. The number of carbonyl (C=O) groups is 1. The lowest BCUT2D eigenvalue weighted by atomic mass is 10.1. The van der Waals surface area contributed by atoms with E-state index in [1.165, 1.54) is 0 Å². The van der Waals surface area contributed by atoms with Crippen LogP contribution < -0.4 is 15.4 Å². The van der Waals surface area contributed by atoms with E-state index >= 15 is 0 Å². The van der Waals surface area contributed by atoms with Crippen LogP contribution in [0.4, 0.5) is 5.69 Å². The van der Waals surface area contributed by atoms with Gasteiger partial charge < -0.3 is 20.1 Å². The van der Waals surface area contributed by atoms with Gasteiger partial charge in [0.25, 0.3) is 0 Å². The standard InChI is InChI=1S/C12H16N2O3/c1-16-6-5-14-10-4-3-8(17-2)7-9(10)11(13)12(14)15/h3-4,7,11H,5-6,13H2,1-2H3. The monoisotopic (exact) mass is 236 g/mol. The Labute approximate surface area is 100 Å². The lowest BCUT2D eigenvalue weighted by molar-refractivity contribution is -0.119. The zero-order valence-electron chi connectivity index (χ0n) is 9.97. The molecule has 0 saturated heterocycles. The van der Waals surface area contributed by atoms with Gasteiger partial charge in [0, 0.05) is 24.9 Å². The molecule has 1 heterocycles. The molecule has 1 aromatic rings. The van der Waals surface area contributed by atoms with Gasteiger partial charge in [0.2, 0.25) is 5.91 Å². The second kappa shape index (κ2) is 4.73. The molecule has 5 heteroatoms. The number of rotatable bonds is 4. The molecule has 0 aliphatic carbocycles. The zero-order valence-corrected chi connectivity index (χ0v) is 9.97. The van der Waals surface area contributed by atoms with Gasteiger partial charge in [-0.3, -0.25) is 4.79 Å². The number of hydrogen-bond acceptors (Lipinski definition) is 4. The molecule has 0 fully saturated rings. The average molecular weight is 236 g/mol. The molecule has 2 rings (SSSR count). The molecule has 2 N–H and O–H groups in total. The summed E-state index contributed by atoms with van der Waals surface area (Å²) in [6.45, 7) is 1.01. The summed E-state index contributed by atoms with van der Waals surface area (Å²) in [4.78, 5) is 13.6. The Kier molecular flexibility index (Phi) is 3.31. The maximum atomic E-state index is 12.0. The molecule has 0 saturated carbocycles. The minimum atomic E-state index is -0.600. The number of fused-ring (bicyclic) bond motifs is 1. The predicted octanol–water partition coefficient (Wildman–Crippen LogP) is 0.688. The first-order chi connectivity index (χ1) is 8.19. The summed E-state index contributed by atoms with van der Waals surface area (Å²) >= 11 is 0. The quantitative estimate of drug-likeness (QED) is 0.835. The van der Waals surface area contributed by atoms with E-state index in [9.17, 15) is 4.79 Å². The molecule has 0 spiro atoms. The van der Waals surface area contributed by atoms with E-state index in [-0.39, 0.29) is 5.91 Å². The number of hydrogen-bond donors (Lipinski definition) is 1. The van der Waals surface area contributed by atoms with Gasteiger partial charge in [0.15, 0.2) is 0 Å². The van der Waals surface area contributed by atoms with Crippen LogP contribution in [-0.4, -0.2) is 33.3 Å². The molecule has 1 unspecified atom stereocenters. The molecule has 92 valence electrons. The van der Waals surface area contributed by atoms with Crippen molar-refractivity contribution in [3.05, 3.63) is 23.8 Å². The highest BCUT2D eigenvalue weighted by molar-refractivity contribution is 6.04. The van der Waals surface area contributed by atoms with Gasteiger partial charge >= 0.3 is 0 Å². The second-order valence-corrected chi connectivity index (χ2v) is 3.89. The minimum absolute atomic E-state index is 0.0923. The molecule has 1 aliphatic rings. The first-order valence-electron chi connectivity index (χ1n) is 5.43. The maximum absolute atomic E-state index is 12.0. The topological polar surface area (TPSA) is 64.8 Å². The van der Waals surface area contributed by atoms with Crippen molar-refractivity contribution >= 4 is 11.6 Å². The van der Waals surface area contributed by atoms with E-state index in [2.05, 4.69) is 0 Å². The highest BCUT2D eigenvalue weighted by Crippen LogP contribution is 2.36. The van der Waals surface area contributed by atoms with E-state index in [0.29, 0.717) is 18.9 Å². The third-order valence-electron chi connectivity index (χ3n) is 2.91. The molecule has 1 aromatic carbocycles. The molecular weight excluding hydrogens is 220 g/mol. The van der Waals surface area contributed by atoms with Crippen LogP contribution in [0, 0.1) is 0 Å². The van der Waals surface area contributed by atoms with Crippen molar-refractivity contribution in [3.8, 4) is 5.75 Å². The van der Waals surface area contributed by atoms with E-state index < -0.39 is 6.04 Å². The lowest BCUT2D eigenvalue weighted by Crippen LogP contribution is -2.34. The van der Waals surface area contributed by atoms with Crippen LogP contribution in [0.1, 0.15) is 11.6 Å². The van der Waals surface area contributed by atoms with Gasteiger partial charge in [0.1, 0.15) is 11.8 Å². The van der Waals surface area contributed by atoms with Crippen molar-refractivity contribution in [2.24, 2.45) is 5.73 Å². The SMILES string of the molecule is COCCN1C(=O)C(N)c2cc(OC)ccc21. The number of anilines is 1. The molecular formula is C12H16N2O3.